The molecule has 0 aromatic carbocycles. The molecule has 4 rings (SSSR count). The Morgan fingerprint density at radius 2 is 1.72 bits per heavy atom. The normalized spacial score (nSPS) is 17.9. The molecule has 29 heavy (non-hydrogen) atoms. The van der Waals surface area contributed by atoms with Gasteiger partial charge in [-0.15, -0.1) is 24.8 Å². The first-order valence-electron chi connectivity index (χ1n) is 9.83. The number of rotatable bonds is 4. The number of piperidine rings is 1. The van der Waals surface area contributed by atoms with E-state index in [4.69, 9.17) is 4.74 Å². The van der Waals surface area contributed by atoms with Crippen LogP contribution >= 0.6 is 24.8 Å². The molecule has 2 aromatic rings. The zero-order chi connectivity index (χ0) is 18.6. The third kappa shape index (κ3) is 5.48. The predicted molar refractivity (Wildman–Crippen MR) is 120 cm³/mol. The van der Waals surface area contributed by atoms with Crippen molar-refractivity contribution in [2.45, 2.75) is 32.7 Å². The summed E-state index contributed by atoms with van der Waals surface area (Å²) in [6.45, 7) is 10.6. The zero-order valence-corrected chi connectivity index (χ0v) is 18.6. The molecule has 2 aromatic heterocycles. The lowest BCUT2D eigenvalue weighted by atomic mass is 10.0. The van der Waals surface area contributed by atoms with Crippen LogP contribution in [0.1, 0.15) is 24.1 Å². The second-order valence-electron chi connectivity index (χ2n) is 7.32. The van der Waals surface area contributed by atoms with Crippen molar-refractivity contribution in [3.63, 3.8) is 0 Å². The molecule has 2 fully saturated rings. The van der Waals surface area contributed by atoms with E-state index in [9.17, 15) is 0 Å². The highest BCUT2D eigenvalue weighted by Gasteiger charge is 2.27. The number of piperazine rings is 1. The number of aryl methyl sites for hydroxylation is 1. The number of ether oxygens (including phenoxy) is 1. The van der Waals surface area contributed by atoms with Crippen molar-refractivity contribution in [1.29, 1.82) is 0 Å². The van der Waals surface area contributed by atoms with Crippen molar-refractivity contribution in [2.75, 3.05) is 44.2 Å². The van der Waals surface area contributed by atoms with Crippen molar-refractivity contribution >= 4 is 30.6 Å². The molecule has 0 aliphatic carbocycles. The number of anilines is 1. The summed E-state index contributed by atoms with van der Waals surface area (Å²) >= 11 is 0. The number of hydrogen-bond donors (Lipinski definition) is 1. The number of halogens is 2. The second-order valence-corrected chi connectivity index (χ2v) is 7.32. The number of nitrogens with one attached hydrogen (secondary N) is 1. The van der Waals surface area contributed by atoms with Gasteiger partial charge in [0.05, 0.1) is 11.3 Å². The van der Waals surface area contributed by atoms with Crippen LogP contribution in [0, 0.1) is 13.8 Å². The summed E-state index contributed by atoms with van der Waals surface area (Å²) in [6, 6.07) is 4.49. The first kappa shape index (κ1) is 23.6. The Hall–Kier alpha value is -1.67. The fraction of sp³-hybridized carbons (Fsp3) is 0.550. The molecule has 0 unspecified atom stereocenters. The van der Waals surface area contributed by atoms with Crippen LogP contribution in [0.5, 0.6) is 11.6 Å². The largest absolute Gasteiger partial charge is 0.437 e. The van der Waals surface area contributed by atoms with Crippen LogP contribution in [0.2, 0.25) is 0 Å². The van der Waals surface area contributed by atoms with E-state index < -0.39 is 0 Å². The van der Waals surface area contributed by atoms with Gasteiger partial charge in [-0.05, 0) is 38.8 Å². The molecule has 0 amide bonds. The van der Waals surface area contributed by atoms with E-state index in [-0.39, 0.29) is 24.8 Å². The molecule has 9 heteroatoms. The van der Waals surface area contributed by atoms with Gasteiger partial charge in [-0.2, -0.15) is 0 Å². The molecule has 4 heterocycles. The summed E-state index contributed by atoms with van der Waals surface area (Å²) in [6.07, 6.45) is 5.73. The van der Waals surface area contributed by atoms with E-state index >= 15 is 0 Å². The third-order valence-electron chi connectivity index (χ3n) is 5.61. The molecule has 2 saturated heterocycles. The number of hydrogen-bond acceptors (Lipinski definition) is 7. The number of aromatic nitrogens is 3. The van der Waals surface area contributed by atoms with Crippen LogP contribution in [-0.2, 0) is 0 Å². The Kier molecular flexibility index (Phi) is 8.89. The van der Waals surface area contributed by atoms with Crippen LogP contribution < -0.4 is 15.0 Å². The molecule has 2 aliphatic heterocycles. The highest BCUT2D eigenvalue weighted by molar-refractivity contribution is 5.85. The Bertz CT molecular complexity index is 779. The summed E-state index contributed by atoms with van der Waals surface area (Å²) in [4.78, 5) is 18.2. The van der Waals surface area contributed by atoms with Gasteiger partial charge in [0.25, 0.3) is 0 Å². The lowest BCUT2D eigenvalue weighted by Crippen LogP contribution is -2.52. The molecule has 0 atom stereocenters. The van der Waals surface area contributed by atoms with Gasteiger partial charge < -0.3 is 15.0 Å². The Morgan fingerprint density at radius 3 is 2.41 bits per heavy atom. The van der Waals surface area contributed by atoms with Crippen molar-refractivity contribution in [3.8, 4) is 11.6 Å². The van der Waals surface area contributed by atoms with E-state index in [2.05, 4.69) is 30.1 Å². The zero-order valence-electron chi connectivity index (χ0n) is 17.0. The van der Waals surface area contributed by atoms with Gasteiger partial charge in [0, 0.05) is 51.5 Å². The fourth-order valence-electron chi connectivity index (χ4n) is 4.02. The smallest absolute Gasteiger partial charge is 0.227 e. The highest BCUT2D eigenvalue weighted by atomic mass is 35.5. The summed E-state index contributed by atoms with van der Waals surface area (Å²) in [5.74, 6) is 2.34. The van der Waals surface area contributed by atoms with Crippen LogP contribution in [0.25, 0.3) is 0 Å². The molecule has 160 valence electrons. The molecule has 0 radical (unpaired) electrons. The first-order chi connectivity index (χ1) is 13.2. The number of nitrogens with zero attached hydrogens (tertiary/aromatic N) is 5. The predicted octanol–water partition coefficient (Wildman–Crippen LogP) is 3.00. The van der Waals surface area contributed by atoms with Gasteiger partial charge in [-0.1, -0.05) is 0 Å². The molecule has 7 nitrogen and oxygen atoms in total. The average Bonchev–Trinajstić information content (AvgIpc) is 2.72. The van der Waals surface area contributed by atoms with Crippen molar-refractivity contribution in [2.24, 2.45) is 0 Å². The first-order valence-corrected chi connectivity index (χ1v) is 9.83. The summed E-state index contributed by atoms with van der Waals surface area (Å²) < 4.78 is 6.03. The molecule has 0 spiro atoms. The summed E-state index contributed by atoms with van der Waals surface area (Å²) in [7, 11) is 0. The van der Waals surface area contributed by atoms with Crippen LogP contribution in [0.3, 0.4) is 0 Å². The molecule has 0 bridgehead atoms. The minimum Gasteiger partial charge on any atom is -0.437 e. The molecule has 2 aliphatic rings. The SMILES string of the molecule is Cc1ncccc1Oc1ncnc(N2CCC(N3CCNCC3)CC2)c1C.Cl.Cl. The maximum Gasteiger partial charge on any atom is 0.227 e. The summed E-state index contributed by atoms with van der Waals surface area (Å²) in [5, 5.41) is 3.44. The fourth-order valence-corrected chi connectivity index (χ4v) is 4.02. The standard InChI is InChI=1S/C20H28N6O.2ClH/c1-15-19(23-14-24-20(15)27-18-4-3-7-22-16(18)2)26-10-5-17(6-11-26)25-12-8-21-9-13-25;;/h3-4,7,14,17,21H,5-6,8-13H2,1-2H3;2*1H. The van der Waals surface area contributed by atoms with Crippen molar-refractivity contribution < 1.29 is 4.74 Å². The Balaban J connectivity index is 0.00000150. The minimum absolute atomic E-state index is 0. The monoisotopic (exact) mass is 440 g/mol. The van der Waals surface area contributed by atoms with E-state index in [0.717, 1.165) is 49.0 Å². The van der Waals surface area contributed by atoms with Crippen LogP contribution in [0.15, 0.2) is 24.7 Å². The van der Waals surface area contributed by atoms with E-state index in [1.54, 1.807) is 12.5 Å². The van der Waals surface area contributed by atoms with E-state index in [1.165, 1.54) is 25.9 Å². The van der Waals surface area contributed by atoms with Gasteiger partial charge in [-0.25, -0.2) is 9.97 Å². The highest BCUT2D eigenvalue weighted by Crippen LogP contribution is 2.31. The van der Waals surface area contributed by atoms with Gasteiger partial charge >= 0.3 is 0 Å². The van der Waals surface area contributed by atoms with Crippen LogP contribution in [-0.4, -0.2) is 65.2 Å². The maximum atomic E-state index is 6.03. The Morgan fingerprint density at radius 1 is 1.00 bits per heavy atom. The van der Waals surface area contributed by atoms with Gasteiger partial charge in [0.15, 0.2) is 5.75 Å². The topological polar surface area (TPSA) is 66.4 Å². The molecular weight excluding hydrogens is 411 g/mol. The Labute approximate surface area is 185 Å². The molecule has 1 N–H and O–H groups in total. The second kappa shape index (κ2) is 10.9. The quantitative estimate of drug-likeness (QED) is 0.783. The molecular formula is C20H30Cl2N6O. The lowest BCUT2D eigenvalue weighted by Gasteiger charge is -2.41. The third-order valence-corrected chi connectivity index (χ3v) is 5.61. The maximum absolute atomic E-state index is 6.03. The van der Waals surface area contributed by atoms with Crippen molar-refractivity contribution in [1.82, 2.24) is 25.2 Å². The lowest BCUT2D eigenvalue weighted by molar-refractivity contribution is 0.150. The van der Waals surface area contributed by atoms with E-state index in [0.29, 0.717) is 11.9 Å². The van der Waals surface area contributed by atoms with Crippen LogP contribution in [0.4, 0.5) is 5.82 Å². The minimum atomic E-state index is 0. The summed E-state index contributed by atoms with van der Waals surface area (Å²) in [5.41, 5.74) is 1.84. The molecule has 0 saturated carbocycles. The van der Waals surface area contributed by atoms with Gasteiger partial charge in [0.1, 0.15) is 12.1 Å². The van der Waals surface area contributed by atoms with Gasteiger partial charge in [0.2, 0.25) is 5.88 Å². The van der Waals surface area contributed by atoms with Crippen molar-refractivity contribution in [3.05, 3.63) is 35.9 Å². The van der Waals surface area contributed by atoms with E-state index in [1.807, 2.05) is 26.0 Å². The van der Waals surface area contributed by atoms with Gasteiger partial charge in [-0.3, -0.25) is 9.88 Å². The number of pyridine rings is 1. The average molecular weight is 441 g/mol.